The van der Waals surface area contributed by atoms with E-state index in [0.29, 0.717) is 19.6 Å². The second-order valence-corrected chi connectivity index (χ2v) is 4.77. The highest BCUT2D eigenvalue weighted by Gasteiger charge is 2.18. The molecule has 2 rings (SSSR count). The molecule has 1 amide bonds. The first-order valence-electron chi connectivity index (χ1n) is 6.51. The Morgan fingerprint density at radius 3 is 3.16 bits per heavy atom. The van der Waals surface area contributed by atoms with E-state index in [1.54, 1.807) is 12.1 Å². The fourth-order valence-corrected chi connectivity index (χ4v) is 2.13. The number of carbonyl (C=O) groups excluding carboxylic acids is 1. The van der Waals surface area contributed by atoms with Gasteiger partial charge in [-0.15, -0.1) is 0 Å². The van der Waals surface area contributed by atoms with Crippen LogP contribution < -0.4 is 10.6 Å². The molecule has 1 saturated heterocycles. The minimum atomic E-state index is -0.291. The Morgan fingerprint density at radius 2 is 2.47 bits per heavy atom. The number of nitrogens with one attached hydrogen (secondary N) is 2. The maximum atomic E-state index is 13.1. The molecule has 0 bridgehead atoms. The highest BCUT2D eigenvalue weighted by atomic mass is 19.1. The molecule has 0 aliphatic carbocycles. The molecule has 104 valence electrons. The van der Waals surface area contributed by atoms with Gasteiger partial charge in [0.05, 0.1) is 19.3 Å². The molecule has 1 aromatic carbocycles. The number of ether oxygens (including phenoxy) is 1. The van der Waals surface area contributed by atoms with Crippen molar-refractivity contribution in [1.29, 1.82) is 0 Å². The van der Waals surface area contributed by atoms with Gasteiger partial charge >= 0.3 is 0 Å². The van der Waals surface area contributed by atoms with E-state index in [2.05, 4.69) is 10.6 Å². The van der Waals surface area contributed by atoms with E-state index < -0.39 is 0 Å². The Balaban J connectivity index is 1.84. The SMILES string of the molecule is CC(NC(=O)CC1COCCN1)c1cccc(F)c1. The van der Waals surface area contributed by atoms with Crippen LogP contribution in [0.2, 0.25) is 0 Å². The fraction of sp³-hybridized carbons (Fsp3) is 0.500. The Bertz CT molecular complexity index is 433. The monoisotopic (exact) mass is 266 g/mol. The molecular formula is C14H19FN2O2. The van der Waals surface area contributed by atoms with E-state index in [4.69, 9.17) is 4.74 Å². The minimum Gasteiger partial charge on any atom is -0.378 e. The summed E-state index contributed by atoms with van der Waals surface area (Å²) in [4.78, 5) is 11.9. The molecule has 1 heterocycles. The van der Waals surface area contributed by atoms with Crippen LogP contribution in [-0.2, 0) is 9.53 Å². The van der Waals surface area contributed by atoms with Crippen LogP contribution >= 0.6 is 0 Å². The van der Waals surface area contributed by atoms with Crippen molar-refractivity contribution in [2.24, 2.45) is 0 Å². The van der Waals surface area contributed by atoms with Crippen molar-refractivity contribution < 1.29 is 13.9 Å². The van der Waals surface area contributed by atoms with E-state index in [1.807, 2.05) is 6.92 Å². The Kier molecular flexibility index (Phi) is 4.87. The lowest BCUT2D eigenvalue weighted by atomic mass is 10.1. The molecule has 1 fully saturated rings. The van der Waals surface area contributed by atoms with Crippen LogP contribution in [0.1, 0.15) is 24.9 Å². The third kappa shape index (κ3) is 4.29. The van der Waals surface area contributed by atoms with Crippen LogP contribution in [0.25, 0.3) is 0 Å². The highest BCUT2D eigenvalue weighted by Crippen LogP contribution is 2.13. The minimum absolute atomic E-state index is 0.0558. The molecule has 1 aromatic rings. The summed E-state index contributed by atoms with van der Waals surface area (Å²) in [6.07, 6.45) is 0.375. The fourth-order valence-electron chi connectivity index (χ4n) is 2.13. The van der Waals surface area contributed by atoms with E-state index in [-0.39, 0.29) is 23.8 Å². The van der Waals surface area contributed by atoms with E-state index in [1.165, 1.54) is 12.1 Å². The van der Waals surface area contributed by atoms with Gasteiger partial charge in [0.2, 0.25) is 5.91 Å². The molecule has 0 aromatic heterocycles. The zero-order valence-corrected chi connectivity index (χ0v) is 11.0. The Labute approximate surface area is 112 Å². The van der Waals surface area contributed by atoms with Gasteiger partial charge in [-0.3, -0.25) is 4.79 Å². The van der Waals surface area contributed by atoms with Crippen LogP contribution in [0.15, 0.2) is 24.3 Å². The summed E-state index contributed by atoms with van der Waals surface area (Å²) in [6, 6.07) is 6.13. The van der Waals surface area contributed by atoms with Gasteiger partial charge in [-0.05, 0) is 24.6 Å². The number of hydrogen-bond donors (Lipinski definition) is 2. The van der Waals surface area contributed by atoms with Gasteiger partial charge in [-0.1, -0.05) is 12.1 Å². The normalized spacial score (nSPS) is 20.8. The number of morpholine rings is 1. The van der Waals surface area contributed by atoms with Gasteiger partial charge in [-0.2, -0.15) is 0 Å². The molecule has 5 heteroatoms. The lowest BCUT2D eigenvalue weighted by molar-refractivity contribution is -0.122. The van der Waals surface area contributed by atoms with E-state index >= 15 is 0 Å². The molecule has 1 aliphatic heterocycles. The Morgan fingerprint density at radius 1 is 1.63 bits per heavy atom. The second kappa shape index (κ2) is 6.63. The van der Waals surface area contributed by atoms with Gasteiger partial charge in [0.1, 0.15) is 5.82 Å². The number of hydrogen-bond acceptors (Lipinski definition) is 3. The predicted octanol–water partition coefficient (Wildman–Crippen LogP) is 1.38. The smallest absolute Gasteiger partial charge is 0.222 e. The molecule has 19 heavy (non-hydrogen) atoms. The van der Waals surface area contributed by atoms with Crippen molar-refractivity contribution in [3.63, 3.8) is 0 Å². The lowest BCUT2D eigenvalue weighted by Gasteiger charge is -2.24. The first-order chi connectivity index (χ1) is 9.15. The van der Waals surface area contributed by atoms with Crippen LogP contribution in [-0.4, -0.2) is 31.7 Å². The molecule has 0 radical (unpaired) electrons. The highest BCUT2D eigenvalue weighted by molar-refractivity contribution is 5.77. The number of rotatable bonds is 4. The zero-order valence-electron chi connectivity index (χ0n) is 11.0. The van der Waals surface area contributed by atoms with E-state index in [9.17, 15) is 9.18 Å². The van der Waals surface area contributed by atoms with Crippen molar-refractivity contribution in [2.75, 3.05) is 19.8 Å². The number of benzene rings is 1. The van der Waals surface area contributed by atoms with Crippen molar-refractivity contribution in [2.45, 2.75) is 25.4 Å². The summed E-state index contributed by atoms with van der Waals surface area (Å²) in [5.74, 6) is -0.347. The topological polar surface area (TPSA) is 50.4 Å². The Hall–Kier alpha value is -1.46. The first kappa shape index (κ1) is 14.0. The first-order valence-corrected chi connectivity index (χ1v) is 6.51. The van der Waals surface area contributed by atoms with Gasteiger partial charge < -0.3 is 15.4 Å². The third-order valence-electron chi connectivity index (χ3n) is 3.16. The van der Waals surface area contributed by atoms with Crippen LogP contribution in [0, 0.1) is 5.82 Å². The molecule has 2 atom stereocenters. The molecule has 2 unspecified atom stereocenters. The van der Waals surface area contributed by atoms with Crippen LogP contribution in [0.3, 0.4) is 0 Å². The molecule has 0 spiro atoms. The molecule has 4 nitrogen and oxygen atoms in total. The second-order valence-electron chi connectivity index (χ2n) is 4.77. The zero-order chi connectivity index (χ0) is 13.7. The summed E-state index contributed by atoms with van der Waals surface area (Å²) in [7, 11) is 0. The van der Waals surface area contributed by atoms with Gasteiger partial charge in [0.15, 0.2) is 0 Å². The summed E-state index contributed by atoms with van der Waals surface area (Å²) in [5, 5.41) is 6.10. The molecule has 2 N–H and O–H groups in total. The summed E-state index contributed by atoms with van der Waals surface area (Å²) < 4.78 is 18.4. The average molecular weight is 266 g/mol. The molecule has 1 aliphatic rings. The van der Waals surface area contributed by atoms with Gasteiger partial charge in [0.25, 0.3) is 0 Å². The molecular weight excluding hydrogens is 247 g/mol. The third-order valence-corrected chi connectivity index (χ3v) is 3.16. The number of halogens is 1. The standard InChI is InChI=1S/C14H19FN2O2/c1-10(11-3-2-4-12(15)7-11)17-14(18)8-13-9-19-6-5-16-13/h2-4,7,10,13,16H,5-6,8-9H2,1H3,(H,17,18). The van der Waals surface area contributed by atoms with Crippen LogP contribution in [0.4, 0.5) is 4.39 Å². The number of amides is 1. The number of carbonyl (C=O) groups is 1. The van der Waals surface area contributed by atoms with E-state index in [0.717, 1.165) is 12.1 Å². The quantitative estimate of drug-likeness (QED) is 0.865. The van der Waals surface area contributed by atoms with Gasteiger partial charge in [-0.25, -0.2) is 4.39 Å². The summed E-state index contributed by atoms with van der Waals surface area (Å²) in [5.41, 5.74) is 0.765. The summed E-state index contributed by atoms with van der Waals surface area (Å²) in [6.45, 7) is 3.87. The maximum absolute atomic E-state index is 13.1. The van der Waals surface area contributed by atoms with Crippen molar-refractivity contribution in [3.05, 3.63) is 35.6 Å². The van der Waals surface area contributed by atoms with Crippen molar-refractivity contribution in [3.8, 4) is 0 Å². The summed E-state index contributed by atoms with van der Waals surface area (Å²) >= 11 is 0. The average Bonchev–Trinajstić information content (AvgIpc) is 2.39. The van der Waals surface area contributed by atoms with Crippen LogP contribution in [0.5, 0.6) is 0 Å². The van der Waals surface area contributed by atoms with Crippen molar-refractivity contribution >= 4 is 5.91 Å². The largest absolute Gasteiger partial charge is 0.378 e. The van der Waals surface area contributed by atoms with Gasteiger partial charge in [0, 0.05) is 19.0 Å². The molecule has 0 saturated carbocycles. The maximum Gasteiger partial charge on any atom is 0.222 e. The predicted molar refractivity (Wildman–Crippen MR) is 70.2 cm³/mol. The van der Waals surface area contributed by atoms with Crippen molar-refractivity contribution in [1.82, 2.24) is 10.6 Å². The lowest BCUT2D eigenvalue weighted by Crippen LogP contribution is -2.44.